The van der Waals surface area contributed by atoms with Crippen molar-refractivity contribution in [3.05, 3.63) is 59.5 Å². The van der Waals surface area contributed by atoms with Crippen LogP contribution in [0.2, 0.25) is 0 Å². The van der Waals surface area contributed by atoms with Crippen molar-refractivity contribution in [2.24, 2.45) is 0 Å². The lowest BCUT2D eigenvalue weighted by Crippen LogP contribution is -2.13. The predicted octanol–water partition coefficient (Wildman–Crippen LogP) is 4.11. The number of H-pyrrole nitrogens is 1. The fourth-order valence-electron chi connectivity index (χ4n) is 3.94. The lowest BCUT2D eigenvalue weighted by atomic mass is 10.1. The van der Waals surface area contributed by atoms with E-state index in [2.05, 4.69) is 30.3 Å². The van der Waals surface area contributed by atoms with E-state index in [0.717, 1.165) is 65.2 Å². The van der Waals surface area contributed by atoms with Gasteiger partial charge in [-0.1, -0.05) is 30.7 Å². The zero-order chi connectivity index (χ0) is 19.8. The molecule has 2 aromatic heterocycles. The molecule has 0 saturated carbocycles. The molecule has 2 N–H and O–H groups in total. The number of amides is 1. The van der Waals surface area contributed by atoms with Gasteiger partial charge in [0.1, 0.15) is 5.82 Å². The van der Waals surface area contributed by atoms with Crippen LogP contribution in [-0.4, -0.2) is 30.9 Å². The van der Waals surface area contributed by atoms with Crippen molar-refractivity contribution >= 4 is 22.5 Å². The number of hydrogen-bond acceptors (Lipinski definition) is 4. The molecule has 3 heterocycles. The smallest absolute Gasteiger partial charge is 0.257 e. The highest BCUT2D eigenvalue weighted by Crippen LogP contribution is 2.27. The fourth-order valence-corrected chi connectivity index (χ4v) is 3.94. The van der Waals surface area contributed by atoms with Gasteiger partial charge in [0, 0.05) is 29.6 Å². The van der Waals surface area contributed by atoms with Gasteiger partial charge in [-0.3, -0.25) is 9.89 Å². The molecule has 7 nitrogen and oxygen atoms in total. The first kappa shape index (κ1) is 17.6. The Morgan fingerprint density at radius 3 is 3.00 bits per heavy atom. The molecule has 7 heteroatoms. The number of aromatic amines is 1. The number of aryl methyl sites for hydroxylation is 2. The quantitative estimate of drug-likeness (QED) is 0.555. The second kappa shape index (κ2) is 7.16. The summed E-state index contributed by atoms with van der Waals surface area (Å²) in [5.41, 5.74) is 4.04. The third-order valence-electron chi connectivity index (χ3n) is 5.57. The summed E-state index contributed by atoms with van der Waals surface area (Å²) in [4.78, 5) is 13.0. The van der Waals surface area contributed by atoms with Crippen molar-refractivity contribution in [1.29, 1.82) is 0 Å². The molecule has 0 spiro atoms. The average Bonchev–Trinajstić information content (AvgIpc) is 3.30. The van der Waals surface area contributed by atoms with E-state index in [4.69, 9.17) is 0 Å². The molecule has 0 unspecified atom stereocenters. The van der Waals surface area contributed by atoms with Crippen molar-refractivity contribution in [2.75, 3.05) is 5.32 Å². The van der Waals surface area contributed by atoms with Crippen LogP contribution in [0.5, 0.6) is 0 Å². The third-order valence-corrected chi connectivity index (χ3v) is 5.57. The zero-order valence-electron chi connectivity index (χ0n) is 16.3. The molecule has 5 rings (SSSR count). The van der Waals surface area contributed by atoms with Gasteiger partial charge < -0.3 is 9.88 Å². The Morgan fingerprint density at radius 1 is 1.14 bits per heavy atom. The Morgan fingerprint density at radius 2 is 2.07 bits per heavy atom. The van der Waals surface area contributed by atoms with Gasteiger partial charge in [-0.05, 0) is 37.5 Å². The number of benzene rings is 2. The Hall–Kier alpha value is -3.48. The molecule has 1 aliphatic heterocycles. The number of para-hydroxylation sites is 1. The van der Waals surface area contributed by atoms with E-state index >= 15 is 0 Å². The van der Waals surface area contributed by atoms with Crippen molar-refractivity contribution in [2.45, 2.75) is 39.2 Å². The number of nitrogens with one attached hydrogen (secondary N) is 2. The summed E-state index contributed by atoms with van der Waals surface area (Å²) in [6.07, 6.45) is 6.21. The molecular formula is C22H22N6O. The number of fused-ring (bicyclic) bond motifs is 2. The monoisotopic (exact) mass is 386 g/mol. The normalized spacial score (nSPS) is 13.8. The lowest BCUT2D eigenvalue weighted by molar-refractivity contribution is 0.102. The molecule has 2 aromatic carbocycles. The predicted molar refractivity (Wildman–Crippen MR) is 112 cm³/mol. The second-order valence-electron chi connectivity index (χ2n) is 7.53. The van der Waals surface area contributed by atoms with E-state index in [1.165, 1.54) is 6.42 Å². The first-order valence-electron chi connectivity index (χ1n) is 9.97. The average molecular weight is 386 g/mol. The van der Waals surface area contributed by atoms with E-state index in [1.54, 1.807) is 12.3 Å². The number of nitrogens with zero attached hydrogens (tertiary/aromatic N) is 4. The highest BCUT2D eigenvalue weighted by molar-refractivity contribution is 6.12. The molecule has 146 valence electrons. The molecule has 4 aromatic rings. The van der Waals surface area contributed by atoms with Crippen LogP contribution < -0.4 is 5.32 Å². The molecule has 0 atom stereocenters. The number of hydrogen-bond donors (Lipinski definition) is 2. The third kappa shape index (κ3) is 3.18. The SMILES string of the molecule is Cc1ccc(-c2nnc3n2CCCCC3)cc1NC(=O)c1cccc2cn[nH]c12. The largest absolute Gasteiger partial charge is 0.322 e. The minimum atomic E-state index is -0.167. The van der Waals surface area contributed by atoms with Crippen LogP contribution in [0.25, 0.3) is 22.3 Å². The molecule has 0 bridgehead atoms. The van der Waals surface area contributed by atoms with Crippen LogP contribution in [0, 0.1) is 6.92 Å². The Kier molecular flexibility index (Phi) is 4.35. The molecule has 0 aliphatic carbocycles. The van der Waals surface area contributed by atoms with Crippen LogP contribution >= 0.6 is 0 Å². The summed E-state index contributed by atoms with van der Waals surface area (Å²) in [5, 5.41) is 19.8. The number of anilines is 1. The first-order chi connectivity index (χ1) is 14.2. The highest BCUT2D eigenvalue weighted by Gasteiger charge is 2.18. The maximum absolute atomic E-state index is 13.0. The van der Waals surface area contributed by atoms with Gasteiger partial charge >= 0.3 is 0 Å². The Balaban J connectivity index is 1.48. The van der Waals surface area contributed by atoms with Gasteiger partial charge in [-0.25, -0.2) is 0 Å². The van der Waals surface area contributed by atoms with Gasteiger partial charge in [0.15, 0.2) is 5.82 Å². The van der Waals surface area contributed by atoms with Gasteiger partial charge in [0.2, 0.25) is 0 Å². The standard InChI is InChI=1S/C22H22N6O/c1-14-9-10-15(21-27-25-19-8-3-2-4-11-28(19)21)12-18(14)24-22(29)17-7-5-6-16-13-23-26-20(16)17/h5-7,9-10,12-13H,2-4,8,11H2,1H3,(H,23,26)(H,24,29). The summed E-state index contributed by atoms with van der Waals surface area (Å²) in [7, 11) is 0. The molecular weight excluding hydrogens is 364 g/mol. The summed E-state index contributed by atoms with van der Waals surface area (Å²) in [5.74, 6) is 1.75. The maximum Gasteiger partial charge on any atom is 0.257 e. The van der Waals surface area contributed by atoms with Gasteiger partial charge in [0.05, 0.1) is 17.3 Å². The number of aromatic nitrogens is 5. The fraction of sp³-hybridized carbons (Fsp3) is 0.273. The van der Waals surface area contributed by atoms with E-state index in [0.29, 0.717) is 5.56 Å². The summed E-state index contributed by atoms with van der Waals surface area (Å²) in [6, 6.07) is 11.6. The van der Waals surface area contributed by atoms with Gasteiger partial charge in [-0.2, -0.15) is 5.10 Å². The second-order valence-corrected chi connectivity index (χ2v) is 7.53. The van der Waals surface area contributed by atoms with E-state index < -0.39 is 0 Å². The number of carbonyl (C=O) groups excluding carboxylic acids is 1. The zero-order valence-corrected chi connectivity index (χ0v) is 16.3. The minimum Gasteiger partial charge on any atom is -0.322 e. The Bertz CT molecular complexity index is 1210. The highest BCUT2D eigenvalue weighted by atomic mass is 16.1. The number of rotatable bonds is 3. The van der Waals surface area contributed by atoms with Crippen LogP contribution in [0.3, 0.4) is 0 Å². The van der Waals surface area contributed by atoms with E-state index in [1.807, 2.05) is 37.3 Å². The maximum atomic E-state index is 13.0. The number of carbonyl (C=O) groups is 1. The lowest BCUT2D eigenvalue weighted by Gasteiger charge is -2.12. The molecule has 0 saturated heterocycles. The van der Waals surface area contributed by atoms with Crippen LogP contribution in [0.4, 0.5) is 5.69 Å². The van der Waals surface area contributed by atoms with Gasteiger partial charge in [-0.15, -0.1) is 10.2 Å². The first-order valence-corrected chi connectivity index (χ1v) is 9.97. The topological polar surface area (TPSA) is 88.5 Å². The van der Waals surface area contributed by atoms with Crippen molar-refractivity contribution in [1.82, 2.24) is 25.0 Å². The van der Waals surface area contributed by atoms with Crippen LogP contribution in [0.1, 0.15) is 41.0 Å². The van der Waals surface area contributed by atoms with E-state index in [9.17, 15) is 4.79 Å². The summed E-state index contributed by atoms with van der Waals surface area (Å²) in [6.45, 7) is 2.93. The van der Waals surface area contributed by atoms with Crippen molar-refractivity contribution < 1.29 is 4.79 Å². The molecule has 0 radical (unpaired) electrons. The molecule has 1 aliphatic rings. The molecule has 29 heavy (non-hydrogen) atoms. The van der Waals surface area contributed by atoms with Crippen LogP contribution in [0.15, 0.2) is 42.6 Å². The van der Waals surface area contributed by atoms with Crippen molar-refractivity contribution in [3.63, 3.8) is 0 Å². The Labute approximate surface area is 168 Å². The molecule has 0 fully saturated rings. The molecule has 1 amide bonds. The van der Waals surface area contributed by atoms with Crippen molar-refractivity contribution in [3.8, 4) is 11.4 Å². The minimum absolute atomic E-state index is 0.167. The summed E-state index contributed by atoms with van der Waals surface area (Å²) >= 11 is 0. The van der Waals surface area contributed by atoms with E-state index in [-0.39, 0.29) is 5.91 Å². The summed E-state index contributed by atoms with van der Waals surface area (Å²) < 4.78 is 2.22. The van der Waals surface area contributed by atoms with Crippen LogP contribution in [-0.2, 0) is 13.0 Å². The van der Waals surface area contributed by atoms with Gasteiger partial charge in [0.25, 0.3) is 5.91 Å².